The summed E-state index contributed by atoms with van der Waals surface area (Å²) in [7, 11) is 0. The second-order valence-corrected chi connectivity index (χ2v) is 5.98. The average Bonchev–Trinajstić information content (AvgIpc) is 3.18. The molecule has 6 nitrogen and oxygen atoms in total. The van der Waals surface area contributed by atoms with Crippen LogP contribution in [0.3, 0.4) is 0 Å². The highest BCUT2D eigenvalue weighted by molar-refractivity contribution is 5.91. The summed E-state index contributed by atoms with van der Waals surface area (Å²) in [5.41, 5.74) is 0.846. The van der Waals surface area contributed by atoms with E-state index in [0.717, 1.165) is 25.1 Å². The first-order valence-electron chi connectivity index (χ1n) is 7.36. The van der Waals surface area contributed by atoms with Crippen molar-refractivity contribution in [3.8, 4) is 0 Å². The molecule has 0 radical (unpaired) electrons. The van der Waals surface area contributed by atoms with Crippen LogP contribution in [0.25, 0.3) is 0 Å². The van der Waals surface area contributed by atoms with E-state index in [4.69, 9.17) is 4.52 Å². The van der Waals surface area contributed by atoms with E-state index in [9.17, 15) is 4.79 Å². The van der Waals surface area contributed by atoms with Crippen molar-refractivity contribution in [1.82, 2.24) is 19.6 Å². The lowest BCUT2D eigenvalue weighted by Gasteiger charge is -2.15. The predicted molar refractivity (Wildman–Crippen MR) is 76.8 cm³/mol. The summed E-state index contributed by atoms with van der Waals surface area (Å²) in [6.45, 7) is 5.66. The number of rotatable bonds is 4. The zero-order valence-electron chi connectivity index (χ0n) is 12.4. The second kappa shape index (κ2) is 5.71. The first-order chi connectivity index (χ1) is 10.1. The van der Waals surface area contributed by atoms with Gasteiger partial charge in [-0.1, -0.05) is 19.0 Å². The van der Waals surface area contributed by atoms with E-state index in [2.05, 4.69) is 28.6 Å². The fourth-order valence-electron chi connectivity index (χ4n) is 2.74. The highest BCUT2D eigenvalue weighted by Crippen LogP contribution is 2.23. The Morgan fingerprint density at radius 3 is 3.10 bits per heavy atom. The number of nitrogens with zero attached hydrogens (tertiary/aromatic N) is 4. The molecule has 0 saturated carbocycles. The van der Waals surface area contributed by atoms with Crippen molar-refractivity contribution in [2.45, 2.75) is 32.7 Å². The van der Waals surface area contributed by atoms with Crippen molar-refractivity contribution in [2.75, 3.05) is 13.1 Å². The largest absolute Gasteiger partial charge is 0.351 e. The van der Waals surface area contributed by atoms with Gasteiger partial charge in [-0.3, -0.25) is 4.79 Å². The molecule has 1 atom stereocenters. The Labute approximate surface area is 123 Å². The molecule has 1 fully saturated rings. The summed E-state index contributed by atoms with van der Waals surface area (Å²) in [5, 5.41) is 3.98. The topological polar surface area (TPSA) is 64.2 Å². The fourth-order valence-corrected chi connectivity index (χ4v) is 2.74. The van der Waals surface area contributed by atoms with Crippen LogP contribution in [-0.2, 0) is 6.42 Å². The average molecular weight is 288 g/mol. The van der Waals surface area contributed by atoms with Gasteiger partial charge in [-0.2, -0.15) is 0 Å². The highest BCUT2D eigenvalue weighted by atomic mass is 16.5. The molecule has 1 amide bonds. The maximum Gasteiger partial charge on any atom is 0.292 e. The van der Waals surface area contributed by atoms with Gasteiger partial charge in [0.25, 0.3) is 5.91 Å². The number of aromatic nitrogens is 3. The highest BCUT2D eigenvalue weighted by Gasteiger charge is 2.29. The van der Waals surface area contributed by atoms with Gasteiger partial charge in [0.1, 0.15) is 0 Å². The van der Waals surface area contributed by atoms with Crippen LogP contribution in [0.5, 0.6) is 0 Å². The van der Waals surface area contributed by atoms with Crippen LogP contribution in [0, 0.1) is 5.92 Å². The molecule has 112 valence electrons. The molecule has 0 spiro atoms. The van der Waals surface area contributed by atoms with Crippen molar-refractivity contribution < 1.29 is 9.32 Å². The molecule has 0 bridgehead atoms. The SMILES string of the molecule is CC(C)Cc1cc(C(=O)N2CCC(n3ccnc3)C2)on1. The minimum atomic E-state index is -0.0693. The second-order valence-electron chi connectivity index (χ2n) is 5.98. The number of carbonyl (C=O) groups is 1. The Morgan fingerprint density at radius 1 is 1.52 bits per heavy atom. The Bertz CT molecular complexity index is 603. The van der Waals surface area contributed by atoms with Gasteiger partial charge < -0.3 is 14.0 Å². The minimum absolute atomic E-state index is 0.0693. The first-order valence-corrected chi connectivity index (χ1v) is 7.36. The Hall–Kier alpha value is -2.11. The number of likely N-dealkylation sites (tertiary alicyclic amines) is 1. The number of hydrogen-bond acceptors (Lipinski definition) is 4. The lowest BCUT2D eigenvalue weighted by atomic mass is 10.1. The van der Waals surface area contributed by atoms with Gasteiger partial charge in [0.15, 0.2) is 0 Å². The summed E-state index contributed by atoms with van der Waals surface area (Å²) in [4.78, 5) is 18.3. The van der Waals surface area contributed by atoms with E-state index < -0.39 is 0 Å². The molecule has 1 saturated heterocycles. The molecule has 3 heterocycles. The maximum absolute atomic E-state index is 12.4. The van der Waals surface area contributed by atoms with E-state index in [1.165, 1.54) is 0 Å². The van der Waals surface area contributed by atoms with Crippen LogP contribution < -0.4 is 0 Å². The van der Waals surface area contributed by atoms with Crippen LogP contribution in [0.15, 0.2) is 29.3 Å². The standard InChI is InChI=1S/C15H20N4O2/c1-11(2)7-12-8-14(21-17-12)15(20)18-5-3-13(9-18)19-6-4-16-10-19/h4,6,8,10-11,13H,3,5,7,9H2,1-2H3. The van der Waals surface area contributed by atoms with Gasteiger partial charge in [0.05, 0.1) is 18.1 Å². The van der Waals surface area contributed by atoms with Crippen molar-refractivity contribution in [1.29, 1.82) is 0 Å². The molecule has 2 aromatic heterocycles. The van der Waals surface area contributed by atoms with Gasteiger partial charge in [0.2, 0.25) is 5.76 Å². The van der Waals surface area contributed by atoms with Gasteiger partial charge in [0, 0.05) is 31.5 Å². The Morgan fingerprint density at radius 2 is 2.38 bits per heavy atom. The van der Waals surface area contributed by atoms with Gasteiger partial charge in [-0.05, 0) is 18.8 Å². The quantitative estimate of drug-likeness (QED) is 0.864. The summed E-state index contributed by atoms with van der Waals surface area (Å²) in [6, 6.07) is 2.07. The maximum atomic E-state index is 12.4. The van der Waals surface area contributed by atoms with Gasteiger partial charge in [-0.15, -0.1) is 0 Å². The summed E-state index contributed by atoms with van der Waals surface area (Å²) in [5.74, 6) is 0.771. The molecule has 0 aromatic carbocycles. The number of carbonyl (C=O) groups excluding carboxylic acids is 1. The number of amides is 1. The zero-order valence-corrected chi connectivity index (χ0v) is 12.4. The third-order valence-corrected chi connectivity index (χ3v) is 3.78. The molecule has 3 rings (SSSR count). The zero-order chi connectivity index (χ0) is 14.8. The lowest BCUT2D eigenvalue weighted by molar-refractivity contribution is 0.0746. The molecule has 1 aliphatic heterocycles. The molecule has 0 aliphatic carbocycles. The van der Waals surface area contributed by atoms with Crippen molar-refractivity contribution in [2.24, 2.45) is 5.92 Å². The lowest BCUT2D eigenvalue weighted by Crippen LogP contribution is -2.28. The summed E-state index contributed by atoms with van der Waals surface area (Å²) >= 11 is 0. The minimum Gasteiger partial charge on any atom is -0.351 e. The van der Waals surface area contributed by atoms with Gasteiger partial charge in [-0.25, -0.2) is 4.98 Å². The molecule has 0 N–H and O–H groups in total. The van der Waals surface area contributed by atoms with Crippen LogP contribution in [0.4, 0.5) is 0 Å². The molecular weight excluding hydrogens is 268 g/mol. The third-order valence-electron chi connectivity index (χ3n) is 3.78. The van der Waals surface area contributed by atoms with E-state index in [1.54, 1.807) is 18.6 Å². The molecule has 6 heteroatoms. The van der Waals surface area contributed by atoms with Crippen molar-refractivity contribution >= 4 is 5.91 Å². The smallest absolute Gasteiger partial charge is 0.292 e. The Kier molecular flexibility index (Phi) is 3.77. The monoisotopic (exact) mass is 288 g/mol. The predicted octanol–water partition coefficient (Wildman–Crippen LogP) is 2.16. The molecule has 21 heavy (non-hydrogen) atoms. The third kappa shape index (κ3) is 2.99. The normalized spacial score (nSPS) is 18.6. The van der Waals surface area contributed by atoms with Gasteiger partial charge >= 0.3 is 0 Å². The molecule has 2 aromatic rings. The van der Waals surface area contributed by atoms with E-state index in [-0.39, 0.29) is 5.91 Å². The van der Waals surface area contributed by atoms with Crippen LogP contribution in [-0.4, -0.2) is 38.6 Å². The number of hydrogen-bond donors (Lipinski definition) is 0. The van der Waals surface area contributed by atoms with Crippen molar-refractivity contribution in [3.63, 3.8) is 0 Å². The fraction of sp³-hybridized carbons (Fsp3) is 0.533. The van der Waals surface area contributed by atoms with Crippen molar-refractivity contribution in [3.05, 3.63) is 36.2 Å². The molecule has 1 aliphatic rings. The molecule has 1 unspecified atom stereocenters. The summed E-state index contributed by atoms with van der Waals surface area (Å²) in [6.07, 6.45) is 7.27. The Balaban J connectivity index is 1.65. The summed E-state index contributed by atoms with van der Waals surface area (Å²) < 4.78 is 7.26. The van der Waals surface area contributed by atoms with E-state index in [1.807, 2.05) is 11.1 Å². The van der Waals surface area contributed by atoms with Crippen LogP contribution in [0.2, 0.25) is 0 Å². The number of imidazole rings is 1. The van der Waals surface area contributed by atoms with E-state index >= 15 is 0 Å². The molecular formula is C15H20N4O2. The first kappa shape index (κ1) is 13.9. The van der Waals surface area contributed by atoms with Crippen LogP contribution >= 0.6 is 0 Å². The van der Waals surface area contributed by atoms with Crippen LogP contribution in [0.1, 0.15) is 42.6 Å². The van der Waals surface area contributed by atoms with E-state index in [0.29, 0.717) is 24.3 Å².